The summed E-state index contributed by atoms with van der Waals surface area (Å²) < 4.78 is 12.9. The van der Waals surface area contributed by atoms with Crippen molar-refractivity contribution >= 4 is 11.4 Å². The topological polar surface area (TPSA) is 65.1 Å². The first kappa shape index (κ1) is 28.9. The monoisotopic (exact) mass is 512 g/mol. The van der Waals surface area contributed by atoms with E-state index in [0.29, 0.717) is 29.8 Å². The highest BCUT2D eigenvalue weighted by atomic mass is 19.1. The smallest absolute Gasteiger partial charge is 0.126 e. The molecule has 5 rings (SSSR count). The van der Waals surface area contributed by atoms with Crippen LogP contribution < -0.4 is 11.1 Å². The van der Waals surface area contributed by atoms with Crippen LogP contribution in [0, 0.1) is 11.2 Å². The maximum Gasteiger partial charge on any atom is 0.126 e. The predicted octanol–water partition coefficient (Wildman–Crippen LogP) is 7.30. The number of allylic oxidation sites excluding steroid dienone is 1. The van der Waals surface area contributed by atoms with Crippen LogP contribution in [-0.4, -0.2) is 30.2 Å². The number of nitrogens with one attached hydrogen (secondary N) is 2. The Morgan fingerprint density at radius 2 is 1.68 bits per heavy atom. The Morgan fingerprint density at radius 3 is 2.29 bits per heavy atom. The molecule has 1 saturated carbocycles. The number of likely N-dealkylation sites (N-methyl/N-ethyl adjacent to an activating group) is 1. The molecule has 0 spiro atoms. The van der Waals surface area contributed by atoms with Gasteiger partial charge in [0.2, 0.25) is 0 Å². The standard InChI is InChI=1S/C14H20N2.C10H12N2.C9H9F/c1-12(14-9-6-10-16(14)2)15-11-13-7-4-3-5-8-13;1-2-5-9(11)8-6-3-4-7-10(8)12;10-9-4-2-1-3-8(9)7-5-6-7/h3-5,7-8,14-15H,1,6,9-11H2,2H3;2-4,6-7,11H,1,5,12H2;1-4,7H,5-6H2. The molecule has 1 unspecified atom stereocenters. The fourth-order valence-corrected chi connectivity index (χ4v) is 4.51. The van der Waals surface area contributed by atoms with Gasteiger partial charge in [0.15, 0.2) is 0 Å². The molecule has 1 saturated heterocycles. The molecule has 0 bridgehead atoms. The van der Waals surface area contributed by atoms with E-state index in [1.807, 2.05) is 36.4 Å². The van der Waals surface area contributed by atoms with Gasteiger partial charge in [-0.15, -0.1) is 6.58 Å². The summed E-state index contributed by atoms with van der Waals surface area (Å²) in [6.07, 6.45) is 7.12. The summed E-state index contributed by atoms with van der Waals surface area (Å²) in [6, 6.07) is 25.4. The van der Waals surface area contributed by atoms with Crippen LogP contribution in [0.15, 0.2) is 104 Å². The van der Waals surface area contributed by atoms with Crippen LogP contribution in [0.2, 0.25) is 0 Å². The number of likely N-dealkylation sites (tertiary alicyclic amines) is 1. The summed E-state index contributed by atoms with van der Waals surface area (Å²) in [5, 5.41) is 11.1. The van der Waals surface area contributed by atoms with E-state index in [1.165, 1.54) is 43.9 Å². The van der Waals surface area contributed by atoms with Crippen molar-refractivity contribution in [1.29, 1.82) is 5.41 Å². The van der Waals surface area contributed by atoms with Gasteiger partial charge in [-0.2, -0.15) is 0 Å². The lowest BCUT2D eigenvalue weighted by molar-refractivity contribution is 0.334. The van der Waals surface area contributed by atoms with E-state index < -0.39 is 0 Å². The highest BCUT2D eigenvalue weighted by Gasteiger charge is 2.25. The molecular weight excluding hydrogens is 471 g/mol. The molecule has 3 aromatic carbocycles. The van der Waals surface area contributed by atoms with Crippen molar-refractivity contribution in [2.75, 3.05) is 19.3 Å². The highest BCUT2D eigenvalue weighted by molar-refractivity contribution is 6.03. The molecule has 1 aliphatic heterocycles. The molecule has 1 aliphatic carbocycles. The van der Waals surface area contributed by atoms with Crippen molar-refractivity contribution in [1.82, 2.24) is 10.2 Å². The number of rotatable bonds is 8. The molecule has 5 heteroatoms. The minimum atomic E-state index is -0.0370. The van der Waals surface area contributed by atoms with Gasteiger partial charge < -0.3 is 16.5 Å². The molecule has 0 radical (unpaired) electrons. The van der Waals surface area contributed by atoms with Gasteiger partial charge in [-0.25, -0.2) is 4.39 Å². The van der Waals surface area contributed by atoms with E-state index in [4.69, 9.17) is 11.1 Å². The minimum Gasteiger partial charge on any atom is -0.398 e. The van der Waals surface area contributed by atoms with Crippen molar-refractivity contribution in [3.05, 3.63) is 126 Å². The van der Waals surface area contributed by atoms with Gasteiger partial charge in [0.05, 0.1) is 0 Å². The first-order chi connectivity index (χ1) is 18.4. The van der Waals surface area contributed by atoms with Crippen molar-refractivity contribution in [3.8, 4) is 0 Å². The van der Waals surface area contributed by atoms with Crippen LogP contribution in [-0.2, 0) is 6.54 Å². The predicted molar refractivity (Wildman–Crippen MR) is 159 cm³/mol. The Bertz CT molecular complexity index is 1190. The zero-order chi connectivity index (χ0) is 27.3. The van der Waals surface area contributed by atoms with Crippen LogP contribution in [0.25, 0.3) is 0 Å². The third-order valence-electron chi connectivity index (χ3n) is 6.84. The van der Waals surface area contributed by atoms with Gasteiger partial charge in [-0.1, -0.05) is 79.4 Å². The van der Waals surface area contributed by atoms with Gasteiger partial charge in [-0.3, -0.25) is 4.90 Å². The van der Waals surface area contributed by atoms with Crippen molar-refractivity contribution in [3.63, 3.8) is 0 Å². The molecule has 1 heterocycles. The molecule has 3 aromatic rings. The first-order valence-electron chi connectivity index (χ1n) is 13.3. The van der Waals surface area contributed by atoms with E-state index in [2.05, 4.69) is 54.7 Å². The Kier molecular flexibility index (Phi) is 11.3. The lowest BCUT2D eigenvalue weighted by Crippen LogP contribution is -2.32. The first-order valence-corrected chi connectivity index (χ1v) is 13.3. The molecule has 4 nitrogen and oxygen atoms in total. The van der Waals surface area contributed by atoms with Gasteiger partial charge in [0, 0.05) is 41.7 Å². The second-order valence-electron chi connectivity index (χ2n) is 9.86. The minimum absolute atomic E-state index is 0.0370. The summed E-state index contributed by atoms with van der Waals surface area (Å²) >= 11 is 0. The van der Waals surface area contributed by atoms with Gasteiger partial charge in [-0.05, 0) is 68.5 Å². The summed E-state index contributed by atoms with van der Waals surface area (Å²) in [6.45, 7) is 9.79. The average Bonchev–Trinajstić information content (AvgIpc) is 3.68. The van der Waals surface area contributed by atoms with Crippen LogP contribution >= 0.6 is 0 Å². The summed E-state index contributed by atoms with van der Waals surface area (Å²) in [5.41, 5.74) is 11.0. The zero-order valence-electron chi connectivity index (χ0n) is 22.5. The number of para-hydroxylation sites is 1. The zero-order valence-corrected chi connectivity index (χ0v) is 22.5. The molecule has 2 fully saturated rings. The number of nitrogen functional groups attached to an aromatic ring is 1. The molecule has 0 amide bonds. The number of hydrogen-bond acceptors (Lipinski definition) is 4. The van der Waals surface area contributed by atoms with Crippen molar-refractivity contribution in [2.45, 2.75) is 50.6 Å². The number of nitrogens with zero attached hydrogens (tertiary/aromatic N) is 1. The van der Waals surface area contributed by atoms with Crippen LogP contribution in [0.3, 0.4) is 0 Å². The van der Waals surface area contributed by atoms with E-state index in [1.54, 1.807) is 18.2 Å². The normalized spacial score (nSPS) is 16.3. The molecule has 4 N–H and O–H groups in total. The van der Waals surface area contributed by atoms with Gasteiger partial charge in [0.1, 0.15) is 5.82 Å². The second-order valence-corrected chi connectivity index (χ2v) is 9.86. The molecular formula is C33H41FN4. The number of hydrogen-bond donors (Lipinski definition) is 3. The molecule has 1 atom stereocenters. The van der Waals surface area contributed by atoms with Crippen molar-refractivity contribution < 1.29 is 4.39 Å². The Labute approximate surface area is 227 Å². The largest absolute Gasteiger partial charge is 0.398 e. The number of benzene rings is 3. The molecule has 38 heavy (non-hydrogen) atoms. The Hall–Kier alpha value is -3.70. The highest BCUT2D eigenvalue weighted by Crippen LogP contribution is 2.40. The van der Waals surface area contributed by atoms with Crippen LogP contribution in [0.1, 0.15) is 54.7 Å². The van der Waals surface area contributed by atoms with E-state index in [-0.39, 0.29) is 5.82 Å². The van der Waals surface area contributed by atoms with Gasteiger partial charge in [0.25, 0.3) is 0 Å². The lowest BCUT2D eigenvalue weighted by Gasteiger charge is -2.22. The lowest BCUT2D eigenvalue weighted by atomic mass is 10.1. The van der Waals surface area contributed by atoms with E-state index in [9.17, 15) is 4.39 Å². The van der Waals surface area contributed by atoms with E-state index >= 15 is 0 Å². The average molecular weight is 513 g/mol. The summed E-state index contributed by atoms with van der Waals surface area (Å²) in [5.74, 6) is 0.492. The third kappa shape index (κ3) is 9.00. The SMILES string of the molecule is C=C(NCc1ccccc1)C1CCCN1C.C=CCC(=N)c1ccccc1N.Fc1ccccc1C1CC1. The molecule has 2 aliphatic rings. The molecule has 200 valence electrons. The molecule has 0 aromatic heterocycles. The third-order valence-corrected chi connectivity index (χ3v) is 6.84. The fourth-order valence-electron chi connectivity index (χ4n) is 4.51. The summed E-state index contributed by atoms with van der Waals surface area (Å²) in [4.78, 5) is 2.38. The fraction of sp³-hybridized carbons (Fsp3) is 0.303. The van der Waals surface area contributed by atoms with Crippen LogP contribution in [0.4, 0.5) is 10.1 Å². The maximum atomic E-state index is 12.9. The maximum absolute atomic E-state index is 12.9. The summed E-state index contributed by atoms with van der Waals surface area (Å²) in [7, 11) is 2.17. The Morgan fingerprint density at radius 1 is 1.03 bits per heavy atom. The number of nitrogens with two attached hydrogens (primary N) is 1. The van der Waals surface area contributed by atoms with Crippen LogP contribution in [0.5, 0.6) is 0 Å². The van der Waals surface area contributed by atoms with E-state index in [0.717, 1.165) is 23.4 Å². The van der Waals surface area contributed by atoms with Crippen molar-refractivity contribution in [2.24, 2.45) is 0 Å². The number of halogens is 1. The number of anilines is 1. The Balaban J connectivity index is 0.000000163. The van der Waals surface area contributed by atoms with Gasteiger partial charge >= 0.3 is 0 Å². The quantitative estimate of drug-likeness (QED) is 0.169. The second kappa shape index (κ2) is 14.9.